The molecule has 3 nitrogen and oxygen atoms in total. The number of rotatable bonds is 6. The van der Waals surface area contributed by atoms with Gasteiger partial charge in [0.05, 0.1) is 5.56 Å². The van der Waals surface area contributed by atoms with Gasteiger partial charge in [-0.2, -0.15) is 0 Å². The maximum absolute atomic E-state index is 12.4. The van der Waals surface area contributed by atoms with Crippen LogP contribution in [-0.2, 0) is 0 Å². The zero-order valence-corrected chi connectivity index (χ0v) is 14.6. The summed E-state index contributed by atoms with van der Waals surface area (Å²) in [6, 6.07) is 23.6. The van der Waals surface area contributed by atoms with E-state index in [1.165, 1.54) is 6.07 Å². The third-order valence-corrected chi connectivity index (χ3v) is 4.57. The van der Waals surface area contributed by atoms with E-state index in [0.717, 1.165) is 4.90 Å². The van der Waals surface area contributed by atoms with Crippen molar-refractivity contribution in [3.05, 3.63) is 90.0 Å². The van der Waals surface area contributed by atoms with E-state index in [2.05, 4.69) is 0 Å². The number of aromatic hydroxyl groups is 1. The Bertz CT molecular complexity index is 848. The monoisotopic (exact) mass is 350 g/mol. The number of thioether (sulfide) groups is 1. The average molecular weight is 350 g/mol. The predicted molar refractivity (Wildman–Crippen MR) is 100 cm³/mol. The Kier molecular flexibility index (Phi) is 5.41. The number of carbonyl (C=O) groups is 1. The van der Waals surface area contributed by atoms with E-state index in [1.54, 1.807) is 48.2 Å². The van der Waals surface area contributed by atoms with Crippen LogP contribution in [0.1, 0.15) is 22.8 Å². The van der Waals surface area contributed by atoms with E-state index in [-0.39, 0.29) is 22.5 Å². The van der Waals surface area contributed by atoms with Crippen LogP contribution in [0.3, 0.4) is 0 Å². The highest BCUT2D eigenvalue weighted by atomic mass is 32.2. The molecule has 0 bridgehead atoms. The first kappa shape index (κ1) is 17.1. The van der Waals surface area contributed by atoms with Crippen LogP contribution in [0.2, 0.25) is 0 Å². The minimum Gasteiger partial charge on any atom is -0.507 e. The molecule has 126 valence electrons. The van der Waals surface area contributed by atoms with Crippen molar-refractivity contribution in [2.75, 3.05) is 0 Å². The summed E-state index contributed by atoms with van der Waals surface area (Å²) in [5.41, 5.74) is 0.679. The van der Waals surface area contributed by atoms with Gasteiger partial charge < -0.3 is 9.84 Å². The number of hydrogen-bond donors (Lipinski definition) is 1. The van der Waals surface area contributed by atoms with E-state index in [1.807, 2.05) is 43.3 Å². The van der Waals surface area contributed by atoms with Gasteiger partial charge in [0, 0.05) is 16.5 Å². The predicted octanol–water partition coefficient (Wildman–Crippen LogP) is 5.14. The molecule has 3 aromatic carbocycles. The number of benzene rings is 3. The zero-order valence-electron chi connectivity index (χ0n) is 13.8. The fraction of sp³-hybridized carbons (Fsp3) is 0.0952. The molecule has 1 unspecified atom stereocenters. The van der Waals surface area contributed by atoms with Crippen LogP contribution in [0.25, 0.3) is 0 Å². The molecule has 0 aromatic heterocycles. The van der Waals surface area contributed by atoms with E-state index in [0.29, 0.717) is 11.3 Å². The molecule has 4 heteroatoms. The van der Waals surface area contributed by atoms with Crippen molar-refractivity contribution in [2.24, 2.45) is 0 Å². The summed E-state index contributed by atoms with van der Waals surface area (Å²) in [7, 11) is 0. The normalized spacial score (nSPS) is 11.7. The standard InChI is InChI=1S/C21H18O3S/c1-15(25-18-10-6-3-7-11-18)24-17-12-13-19(20(22)14-17)21(23)16-8-4-2-5-9-16/h2-15,22H,1H3. The zero-order chi connectivity index (χ0) is 17.6. The summed E-state index contributed by atoms with van der Waals surface area (Å²) in [5, 5.41) is 10.2. The SMILES string of the molecule is CC(Oc1ccc(C(=O)c2ccccc2)c(O)c1)Sc1ccccc1. The van der Waals surface area contributed by atoms with E-state index < -0.39 is 0 Å². The summed E-state index contributed by atoms with van der Waals surface area (Å²) < 4.78 is 5.83. The molecule has 0 aliphatic rings. The van der Waals surface area contributed by atoms with Crippen molar-refractivity contribution >= 4 is 17.5 Å². The second-order valence-corrected chi connectivity index (χ2v) is 6.86. The molecule has 3 aromatic rings. The molecule has 0 aliphatic carbocycles. The quantitative estimate of drug-likeness (QED) is 0.380. The van der Waals surface area contributed by atoms with Gasteiger partial charge in [0.25, 0.3) is 0 Å². The first-order valence-electron chi connectivity index (χ1n) is 7.94. The summed E-state index contributed by atoms with van der Waals surface area (Å²) in [6.07, 6.45) is 0. The minimum absolute atomic E-state index is 0.0803. The lowest BCUT2D eigenvalue weighted by molar-refractivity contribution is 0.103. The molecule has 25 heavy (non-hydrogen) atoms. The smallest absolute Gasteiger partial charge is 0.196 e. The van der Waals surface area contributed by atoms with Gasteiger partial charge in [-0.1, -0.05) is 60.3 Å². The van der Waals surface area contributed by atoms with Crippen molar-refractivity contribution in [1.29, 1.82) is 0 Å². The molecule has 1 N–H and O–H groups in total. The van der Waals surface area contributed by atoms with Gasteiger partial charge in [0.2, 0.25) is 0 Å². The van der Waals surface area contributed by atoms with Crippen LogP contribution in [0.15, 0.2) is 83.8 Å². The number of carbonyl (C=O) groups excluding carboxylic acids is 1. The molecular weight excluding hydrogens is 332 g/mol. The second-order valence-electron chi connectivity index (χ2n) is 5.49. The van der Waals surface area contributed by atoms with Crippen LogP contribution >= 0.6 is 11.8 Å². The molecule has 0 amide bonds. The van der Waals surface area contributed by atoms with Crippen LogP contribution in [0.4, 0.5) is 0 Å². The summed E-state index contributed by atoms with van der Waals surface area (Å²) in [4.78, 5) is 13.5. The van der Waals surface area contributed by atoms with Crippen molar-refractivity contribution in [3.8, 4) is 11.5 Å². The van der Waals surface area contributed by atoms with Crippen molar-refractivity contribution in [2.45, 2.75) is 17.3 Å². The molecule has 0 aliphatic heterocycles. The van der Waals surface area contributed by atoms with Crippen LogP contribution in [0.5, 0.6) is 11.5 Å². The Morgan fingerprint density at radius 1 is 0.960 bits per heavy atom. The Balaban J connectivity index is 1.70. The van der Waals surface area contributed by atoms with E-state index in [4.69, 9.17) is 4.74 Å². The fourth-order valence-corrected chi connectivity index (χ4v) is 3.28. The lowest BCUT2D eigenvalue weighted by atomic mass is 10.0. The highest BCUT2D eigenvalue weighted by Crippen LogP contribution is 2.29. The van der Waals surface area contributed by atoms with Crippen molar-refractivity contribution < 1.29 is 14.6 Å². The minimum atomic E-state index is -0.212. The third-order valence-electron chi connectivity index (χ3n) is 3.60. The lowest BCUT2D eigenvalue weighted by Gasteiger charge is -2.15. The third kappa shape index (κ3) is 4.43. The van der Waals surface area contributed by atoms with Crippen LogP contribution in [0, 0.1) is 0 Å². The van der Waals surface area contributed by atoms with Gasteiger partial charge in [0.15, 0.2) is 5.78 Å². The van der Waals surface area contributed by atoms with Gasteiger partial charge >= 0.3 is 0 Å². The summed E-state index contributed by atoms with van der Waals surface area (Å²) >= 11 is 1.58. The maximum atomic E-state index is 12.4. The number of hydrogen-bond acceptors (Lipinski definition) is 4. The first-order chi connectivity index (χ1) is 12.1. The van der Waals surface area contributed by atoms with Crippen molar-refractivity contribution in [3.63, 3.8) is 0 Å². The molecule has 0 saturated heterocycles. The molecule has 0 radical (unpaired) electrons. The molecule has 0 heterocycles. The van der Waals surface area contributed by atoms with Crippen molar-refractivity contribution in [1.82, 2.24) is 0 Å². The second kappa shape index (κ2) is 7.90. The first-order valence-corrected chi connectivity index (χ1v) is 8.82. The number of phenols is 1. The molecule has 3 rings (SSSR count). The van der Waals surface area contributed by atoms with Gasteiger partial charge in [-0.25, -0.2) is 0 Å². The Morgan fingerprint density at radius 3 is 2.24 bits per heavy atom. The topological polar surface area (TPSA) is 46.5 Å². The van der Waals surface area contributed by atoms with Crippen LogP contribution in [-0.4, -0.2) is 16.3 Å². The Hall–Kier alpha value is -2.72. The molecule has 0 fully saturated rings. The number of ether oxygens (including phenoxy) is 1. The maximum Gasteiger partial charge on any atom is 0.196 e. The summed E-state index contributed by atoms with van der Waals surface area (Å²) in [5.74, 6) is 0.234. The highest BCUT2D eigenvalue weighted by Gasteiger charge is 2.15. The van der Waals surface area contributed by atoms with E-state index >= 15 is 0 Å². The van der Waals surface area contributed by atoms with Gasteiger partial charge in [0.1, 0.15) is 16.9 Å². The van der Waals surface area contributed by atoms with Gasteiger partial charge in [-0.05, 0) is 31.2 Å². The van der Waals surface area contributed by atoms with Gasteiger partial charge in [-0.15, -0.1) is 0 Å². The average Bonchev–Trinajstić information content (AvgIpc) is 2.63. The molecular formula is C21H18O3S. The summed E-state index contributed by atoms with van der Waals surface area (Å²) in [6.45, 7) is 1.94. The van der Waals surface area contributed by atoms with E-state index in [9.17, 15) is 9.90 Å². The molecule has 1 atom stereocenters. The molecule has 0 spiro atoms. The number of phenolic OH excluding ortho intramolecular Hbond substituents is 1. The fourth-order valence-electron chi connectivity index (χ4n) is 2.43. The van der Waals surface area contributed by atoms with Crippen LogP contribution < -0.4 is 4.74 Å². The lowest BCUT2D eigenvalue weighted by Crippen LogP contribution is -2.07. The number of ketones is 1. The molecule has 0 saturated carbocycles. The Morgan fingerprint density at radius 2 is 1.60 bits per heavy atom. The highest BCUT2D eigenvalue weighted by molar-refractivity contribution is 7.99. The Labute approximate surface area is 151 Å². The largest absolute Gasteiger partial charge is 0.507 e. The van der Waals surface area contributed by atoms with Gasteiger partial charge in [-0.3, -0.25) is 4.79 Å².